The van der Waals surface area contributed by atoms with E-state index in [1.54, 1.807) is 0 Å². The lowest BCUT2D eigenvalue weighted by Crippen LogP contribution is -2.19. The second-order valence-corrected chi connectivity index (χ2v) is 8.37. The molecule has 9 nitrogen and oxygen atoms in total. The summed E-state index contributed by atoms with van der Waals surface area (Å²) >= 11 is 0. The molecule has 2 N–H and O–H groups in total. The van der Waals surface area contributed by atoms with Crippen molar-refractivity contribution in [1.29, 1.82) is 0 Å². The molecule has 0 unspecified atom stereocenters. The van der Waals surface area contributed by atoms with Crippen molar-refractivity contribution in [2.45, 2.75) is 39.5 Å². The SMILES string of the molecule is Cc1[nH]c(/C=C2/C(=O)NN=C2c2nccnn2)c(C(C)C)c1CCCN(C)c1ccncc1. The first kappa shape index (κ1) is 22.3. The third-order valence-electron chi connectivity index (χ3n) is 5.74. The molecule has 0 aliphatic carbocycles. The lowest BCUT2D eigenvalue weighted by atomic mass is 9.93. The van der Waals surface area contributed by atoms with Crippen molar-refractivity contribution in [2.75, 3.05) is 18.5 Å². The lowest BCUT2D eigenvalue weighted by Gasteiger charge is -2.19. The minimum atomic E-state index is -0.278. The second kappa shape index (κ2) is 9.72. The van der Waals surface area contributed by atoms with Crippen LogP contribution in [0.3, 0.4) is 0 Å². The van der Waals surface area contributed by atoms with Gasteiger partial charge in [0.2, 0.25) is 5.82 Å². The Morgan fingerprint density at radius 1 is 1.15 bits per heavy atom. The Labute approximate surface area is 193 Å². The van der Waals surface area contributed by atoms with E-state index in [2.05, 4.69) is 68.4 Å². The maximum atomic E-state index is 12.5. The smallest absolute Gasteiger partial charge is 0.273 e. The Balaban J connectivity index is 1.58. The topological polar surface area (TPSA) is 112 Å². The number of nitrogens with zero attached hydrogens (tertiary/aromatic N) is 6. The summed E-state index contributed by atoms with van der Waals surface area (Å²) in [5.74, 6) is 0.324. The van der Waals surface area contributed by atoms with Crippen molar-refractivity contribution >= 4 is 23.4 Å². The highest BCUT2D eigenvalue weighted by Gasteiger charge is 2.27. The van der Waals surface area contributed by atoms with E-state index in [9.17, 15) is 4.79 Å². The summed E-state index contributed by atoms with van der Waals surface area (Å²) in [5, 5.41) is 12.0. The number of aryl methyl sites for hydroxylation is 1. The standard InChI is InChI=1S/C24H28N8O/c1-15(2)21-18(6-5-13-32(4)17-7-9-25-10-8-17)16(3)28-20(21)14-19-22(29-31-24(19)33)23-26-11-12-27-30-23/h7-12,14-15,28H,5-6,13H2,1-4H3,(H,31,33)/b19-14+. The number of hydrogen-bond acceptors (Lipinski definition) is 7. The molecule has 0 fully saturated rings. The molecule has 0 spiro atoms. The molecule has 1 aliphatic rings. The van der Waals surface area contributed by atoms with E-state index < -0.39 is 0 Å². The van der Waals surface area contributed by atoms with E-state index in [-0.39, 0.29) is 11.8 Å². The van der Waals surface area contributed by atoms with Crippen LogP contribution < -0.4 is 10.3 Å². The molecule has 170 valence electrons. The van der Waals surface area contributed by atoms with Crippen LogP contribution in [0, 0.1) is 6.92 Å². The number of hydrazone groups is 1. The monoisotopic (exact) mass is 444 g/mol. The van der Waals surface area contributed by atoms with Crippen LogP contribution in [0.25, 0.3) is 6.08 Å². The molecule has 4 rings (SSSR count). The minimum absolute atomic E-state index is 0.278. The van der Waals surface area contributed by atoms with Gasteiger partial charge in [-0.05, 0) is 55.0 Å². The van der Waals surface area contributed by atoms with Gasteiger partial charge in [0.1, 0.15) is 5.71 Å². The number of aromatic nitrogens is 5. The average Bonchev–Trinajstić information content (AvgIpc) is 3.34. The molecular formula is C24H28N8O. The van der Waals surface area contributed by atoms with Gasteiger partial charge in [-0.1, -0.05) is 13.8 Å². The predicted molar refractivity (Wildman–Crippen MR) is 128 cm³/mol. The van der Waals surface area contributed by atoms with Gasteiger partial charge in [-0.2, -0.15) is 10.2 Å². The maximum absolute atomic E-state index is 12.5. The quantitative estimate of drug-likeness (QED) is 0.517. The van der Waals surface area contributed by atoms with Gasteiger partial charge in [0.15, 0.2) is 0 Å². The van der Waals surface area contributed by atoms with Crippen molar-refractivity contribution in [1.82, 2.24) is 30.6 Å². The first-order chi connectivity index (χ1) is 16.0. The van der Waals surface area contributed by atoms with Gasteiger partial charge in [0.05, 0.1) is 11.8 Å². The van der Waals surface area contributed by atoms with Crippen molar-refractivity contribution < 1.29 is 4.79 Å². The summed E-state index contributed by atoms with van der Waals surface area (Å²) in [6.07, 6.45) is 10.4. The van der Waals surface area contributed by atoms with E-state index in [1.165, 1.54) is 23.5 Å². The van der Waals surface area contributed by atoms with Crippen LogP contribution >= 0.6 is 0 Å². The molecule has 4 heterocycles. The van der Waals surface area contributed by atoms with Crippen LogP contribution in [0.5, 0.6) is 0 Å². The fourth-order valence-electron chi connectivity index (χ4n) is 4.16. The first-order valence-corrected chi connectivity index (χ1v) is 11.0. The highest BCUT2D eigenvalue weighted by molar-refractivity contribution is 6.32. The molecule has 9 heteroatoms. The summed E-state index contributed by atoms with van der Waals surface area (Å²) in [7, 11) is 2.10. The predicted octanol–water partition coefficient (Wildman–Crippen LogP) is 3.01. The van der Waals surface area contributed by atoms with Crippen molar-refractivity contribution in [2.24, 2.45) is 5.10 Å². The number of nitrogens with one attached hydrogen (secondary N) is 2. The molecule has 1 aliphatic heterocycles. The van der Waals surface area contributed by atoms with Crippen molar-refractivity contribution in [3.8, 4) is 0 Å². The molecule has 1 amide bonds. The number of hydrogen-bond donors (Lipinski definition) is 2. The molecule has 3 aromatic heterocycles. The molecule has 0 saturated heterocycles. The van der Waals surface area contributed by atoms with E-state index in [0.29, 0.717) is 17.1 Å². The average molecular weight is 445 g/mol. The van der Waals surface area contributed by atoms with E-state index >= 15 is 0 Å². The summed E-state index contributed by atoms with van der Waals surface area (Å²) in [6, 6.07) is 4.03. The van der Waals surface area contributed by atoms with Gasteiger partial charge in [-0.25, -0.2) is 10.4 Å². The molecule has 33 heavy (non-hydrogen) atoms. The van der Waals surface area contributed by atoms with Crippen molar-refractivity contribution in [3.05, 3.63) is 70.8 Å². The van der Waals surface area contributed by atoms with Crippen LogP contribution in [0.15, 0.2) is 47.6 Å². The number of aromatic amines is 1. The third kappa shape index (κ3) is 4.82. The molecule has 3 aromatic rings. The molecule has 0 aromatic carbocycles. The van der Waals surface area contributed by atoms with Crippen molar-refractivity contribution in [3.63, 3.8) is 0 Å². The highest BCUT2D eigenvalue weighted by atomic mass is 16.2. The molecule has 0 radical (unpaired) electrons. The Bertz CT molecular complexity index is 1180. The zero-order chi connectivity index (χ0) is 23.4. The fourth-order valence-corrected chi connectivity index (χ4v) is 4.16. The van der Waals surface area contributed by atoms with Gasteiger partial charge in [-0.15, -0.1) is 5.10 Å². The Morgan fingerprint density at radius 3 is 2.64 bits per heavy atom. The number of carbonyl (C=O) groups excluding carboxylic acids is 1. The number of amides is 1. The zero-order valence-corrected chi connectivity index (χ0v) is 19.3. The van der Waals surface area contributed by atoms with Gasteiger partial charge in [0.25, 0.3) is 5.91 Å². The van der Waals surface area contributed by atoms with Crippen LogP contribution in [0.1, 0.15) is 54.5 Å². The third-order valence-corrected chi connectivity index (χ3v) is 5.74. The lowest BCUT2D eigenvalue weighted by molar-refractivity contribution is -0.116. The molecular weight excluding hydrogens is 416 g/mol. The number of pyridine rings is 1. The maximum Gasteiger partial charge on any atom is 0.273 e. The van der Waals surface area contributed by atoms with E-state index in [0.717, 1.165) is 36.5 Å². The summed E-state index contributed by atoms with van der Waals surface area (Å²) < 4.78 is 0. The highest BCUT2D eigenvalue weighted by Crippen LogP contribution is 2.30. The largest absolute Gasteiger partial charge is 0.374 e. The zero-order valence-electron chi connectivity index (χ0n) is 19.3. The first-order valence-electron chi connectivity index (χ1n) is 11.0. The van der Waals surface area contributed by atoms with Gasteiger partial charge < -0.3 is 9.88 Å². The van der Waals surface area contributed by atoms with E-state index in [1.807, 2.05) is 30.6 Å². The summed E-state index contributed by atoms with van der Waals surface area (Å²) in [6.45, 7) is 7.36. The van der Waals surface area contributed by atoms with Crippen LogP contribution in [0.2, 0.25) is 0 Å². The van der Waals surface area contributed by atoms with Crippen LogP contribution in [-0.2, 0) is 11.2 Å². The summed E-state index contributed by atoms with van der Waals surface area (Å²) in [5.41, 5.74) is 9.06. The Kier molecular flexibility index (Phi) is 6.58. The molecule has 0 saturated carbocycles. The fraction of sp³-hybridized carbons (Fsp3) is 0.333. The van der Waals surface area contributed by atoms with E-state index in [4.69, 9.17) is 0 Å². The van der Waals surface area contributed by atoms with Crippen LogP contribution in [-0.4, -0.2) is 50.4 Å². The van der Waals surface area contributed by atoms with Gasteiger partial charge in [-0.3, -0.25) is 9.78 Å². The number of carbonyl (C=O) groups is 1. The molecule has 0 atom stereocenters. The van der Waals surface area contributed by atoms with Crippen LogP contribution in [0.4, 0.5) is 5.69 Å². The molecule has 0 bridgehead atoms. The van der Waals surface area contributed by atoms with Gasteiger partial charge >= 0.3 is 0 Å². The Morgan fingerprint density at radius 2 is 1.94 bits per heavy atom. The minimum Gasteiger partial charge on any atom is -0.374 e. The van der Waals surface area contributed by atoms with Gasteiger partial charge in [0, 0.05) is 49.3 Å². The Hall–Kier alpha value is -3.88. The second-order valence-electron chi connectivity index (χ2n) is 8.37. The normalized spacial score (nSPS) is 14.6. The number of anilines is 1. The summed E-state index contributed by atoms with van der Waals surface area (Å²) in [4.78, 5) is 26.5. The number of H-pyrrole nitrogens is 1. The number of rotatable bonds is 8.